The van der Waals surface area contributed by atoms with Gasteiger partial charge in [-0.05, 0) is 12.5 Å². The predicted molar refractivity (Wildman–Crippen MR) is 41.6 cm³/mol. The van der Waals surface area contributed by atoms with Crippen LogP contribution in [0.3, 0.4) is 0 Å². The molecule has 0 saturated heterocycles. The summed E-state index contributed by atoms with van der Waals surface area (Å²) in [6.07, 6.45) is 6.26. The molecule has 0 spiro atoms. The van der Waals surface area contributed by atoms with Crippen molar-refractivity contribution in [3.05, 3.63) is 21.9 Å². The van der Waals surface area contributed by atoms with Gasteiger partial charge in [-0.1, -0.05) is 12.8 Å². The van der Waals surface area contributed by atoms with Crippen LogP contribution >= 0.6 is 11.3 Å². The third-order valence-electron chi connectivity index (χ3n) is 1.17. The molecule has 1 aromatic heterocycles. The molecule has 0 aliphatic carbocycles. The molecule has 1 heteroatoms. The Balaban J connectivity index is 2.90. The summed E-state index contributed by atoms with van der Waals surface area (Å²) in [4.78, 5) is 1.36. The molecule has 0 aliphatic heterocycles. The summed E-state index contributed by atoms with van der Waals surface area (Å²) in [5, 5.41) is 2.01. The fourth-order valence-corrected chi connectivity index (χ4v) is 1.42. The SMILES string of the molecule is C#Cc1csc(CC)c1. The molecule has 9 heavy (non-hydrogen) atoms. The normalized spacial score (nSPS) is 8.89. The van der Waals surface area contributed by atoms with E-state index in [1.54, 1.807) is 11.3 Å². The molecule has 0 atom stereocenters. The Morgan fingerprint density at radius 1 is 1.78 bits per heavy atom. The van der Waals surface area contributed by atoms with Crippen molar-refractivity contribution in [3.63, 3.8) is 0 Å². The first-order valence-corrected chi connectivity index (χ1v) is 3.78. The molecule has 1 aromatic rings. The second kappa shape index (κ2) is 2.70. The lowest BCUT2D eigenvalue weighted by Crippen LogP contribution is -1.66. The van der Waals surface area contributed by atoms with Gasteiger partial charge in [0.1, 0.15) is 0 Å². The number of terminal acetylenes is 1. The molecule has 0 unspecified atom stereocenters. The summed E-state index contributed by atoms with van der Waals surface area (Å²) >= 11 is 1.73. The quantitative estimate of drug-likeness (QED) is 0.520. The maximum Gasteiger partial charge on any atom is 0.0352 e. The van der Waals surface area contributed by atoms with E-state index in [0.717, 1.165) is 12.0 Å². The molecule has 0 aromatic carbocycles. The summed E-state index contributed by atoms with van der Waals surface area (Å²) in [7, 11) is 0. The van der Waals surface area contributed by atoms with E-state index < -0.39 is 0 Å². The van der Waals surface area contributed by atoms with Crippen molar-refractivity contribution >= 4 is 11.3 Å². The van der Waals surface area contributed by atoms with E-state index in [9.17, 15) is 0 Å². The van der Waals surface area contributed by atoms with Crippen LogP contribution in [0.15, 0.2) is 11.4 Å². The van der Waals surface area contributed by atoms with Gasteiger partial charge in [-0.25, -0.2) is 0 Å². The number of hydrogen-bond acceptors (Lipinski definition) is 1. The molecule has 1 rings (SSSR count). The number of aryl methyl sites for hydroxylation is 1. The molecule has 0 bridgehead atoms. The van der Waals surface area contributed by atoms with E-state index in [2.05, 4.69) is 18.9 Å². The lowest BCUT2D eigenvalue weighted by atomic mass is 10.3. The van der Waals surface area contributed by atoms with Crippen molar-refractivity contribution in [2.24, 2.45) is 0 Å². The lowest BCUT2D eigenvalue weighted by Gasteiger charge is -1.79. The van der Waals surface area contributed by atoms with E-state index in [0.29, 0.717) is 0 Å². The standard InChI is InChI=1S/C8H8S/c1-3-7-5-8(4-2)9-6-7/h1,5-6H,4H2,2H3. The Kier molecular flexibility index (Phi) is 1.92. The highest BCUT2D eigenvalue weighted by atomic mass is 32.1. The minimum absolute atomic E-state index is 1.01. The van der Waals surface area contributed by atoms with Crippen LogP contribution in [-0.4, -0.2) is 0 Å². The van der Waals surface area contributed by atoms with Gasteiger partial charge < -0.3 is 0 Å². The molecular weight excluding hydrogens is 128 g/mol. The van der Waals surface area contributed by atoms with Crippen LogP contribution < -0.4 is 0 Å². The zero-order valence-electron chi connectivity index (χ0n) is 5.35. The molecule has 0 saturated carbocycles. The van der Waals surface area contributed by atoms with Crippen LogP contribution in [0.25, 0.3) is 0 Å². The van der Waals surface area contributed by atoms with E-state index in [1.165, 1.54) is 4.88 Å². The van der Waals surface area contributed by atoms with E-state index in [-0.39, 0.29) is 0 Å². The van der Waals surface area contributed by atoms with Gasteiger partial charge in [-0.3, -0.25) is 0 Å². The van der Waals surface area contributed by atoms with Gasteiger partial charge in [-0.15, -0.1) is 17.8 Å². The van der Waals surface area contributed by atoms with Gasteiger partial charge in [0, 0.05) is 15.8 Å². The summed E-state index contributed by atoms with van der Waals surface area (Å²) < 4.78 is 0. The highest BCUT2D eigenvalue weighted by molar-refractivity contribution is 7.10. The maximum absolute atomic E-state index is 5.17. The van der Waals surface area contributed by atoms with E-state index in [1.807, 2.05) is 5.38 Å². The van der Waals surface area contributed by atoms with Crippen LogP contribution in [0.4, 0.5) is 0 Å². The third-order valence-corrected chi connectivity index (χ3v) is 2.25. The number of thiophene rings is 1. The smallest absolute Gasteiger partial charge is 0.0352 e. The summed E-state index contributed by atoms with van der Waals surface area (Å²) in [5.41, 5.74) is 1.01. The van der Waals surface area contributed by atoms with Crippen LogP contribution in [0.2, 0.25) is 0 Å². The van der Waals surface area contributed by atoms with Crippen molar-refractivity contribution in [2.45, 2.75) is 13.3 Å². The fraction of sp³-hybridized carbons (Fsp3) is 0.250. The molecular formula is C8H8S. The highest BCUT2D eigenvalue weighted by Gasteiger charge is 1.91. The Morgan fingerprint density at radius 2 is 2.56 bits per heavy atom. The Labute approximate surface area is 59.5 Å². The molecule has 0 aliphatic rings. The van der Waals surface area contributed by atoms with Crippen LogP contribution in [0.5, 0.6) is 0 Å². The average Bonchev–Trinajstić information content (AvgIpc) is 2.34. The first-order chi connectivity index (χ1) is 4.36. The van der Waals surface area contributed by atoms with Gasteiger partial charge >= 0.3 is 0 Å². The van der Waals surface area contributed by atoms with Gasteiger partial charge in [0.15, 0.2) is 0 Å². The zero-order valence-corrected chi connectivity index (χ0v) is 6.16. The second-order valence-electron chi connectivity index (χ2n) is 1.80. The minimum atomic E-state index is 1.01. The van der Waals surface area contributed by atoms with Gasteiger partial charge in [0.25, 0.3) is 0 Å². The molecule has 1 heterocycles. The van der Waals surface area contributed by atoms with Crippen molar-refractivity contribution in [1.29, 1.82) is 0 Å². The minimum Gasteiger partial charge on any atom is -0.148 e. The van der Waals surface area contributed by atoms with Crippen LogP contribution in [-0.2, 0) is 6.42 Å². The van der Waals surface area contributed by atoms with Crippen molar-refractivity contribution < 1.29 is 0 Å². The van der Waals surface area contributed by atoms with Gasteiger partial charge in [-0.2, -0.15) is 0 Å². The fourth-order valence-electron chi connectivity index (χ4n) is 0.642. The topological polar surface area (TPSA) is 0 Å². The van der Waals surface area contributed by atoms with Gasteiger partial charge in [0.05, 0.1) is 0 Å². The first-order valence-electron chi connectivity index (χ1n) is 2.91. The van der Waals surface area contributed by atoms with Crippen molar-refractivity contribution in [1.82, 2.24) is 0 Å². The molecule has 0 amide bonds. The third kappa shape index (κ3) is 1.34. The number of hydrogen-bond donors (Lipinski definition) is 0. The molecule has 0 nitrogen and oxygen atoms in total. The van der Waals surface area contributed by atoms with Crippen LogP contribution in [0, 0.1) is 12.3 Å². The first kappa shape index (κ1) is 6.38. The van der Waals surface area contributed by atoms with Gasteiger partial charge in [0.2, 0.25) is 0 Å². The van der Waals surface area contributed by atoms with E-state index in [4.69, 9.17) is 6.42 Å². The predicted octanol–water partition coefficient (Wildman–Crippen LogP) is 2.29. The summed E-state index contributed by atoms with van der Waals surface area (Å²) in [5.74, 6) is 2.59. The van der Waals surface area contributed by atoms with E-state index >= 15 is 0 Å². The number of rotatable bonds is 1. The molecule has 0 radical (unpaired) electrons. The monoisotopic (exact) mass is 136 g/mol. The second-order valence-corrected chi connectivity index (χ2v) is 2.80. The summed E-state index contributed by atoms with van der Waals surface area (Å²) in [6.45, 7) is 2.13. The Bertz CT molecular complexity index is 227. The van der Waals surface area contributed by atoms with Crippen molar-refractivity contribution in [3.8, 4) is 12.3 Å². The Hall–Kier alpha value is -0.740. The molecule has 0 N–H and O–H groups in total. The van der Waals surface area contributed by atoms with Crippen LogP contribution in [0.1, 0.15) is 17.4 Å². The zero-order chi connectivity index (χ0) is 6.69. The molecule has 0 fully saturated rings. The van der Waals surface area contributed by atoms with Crippen molar-refractivity contribution in [2.75, 3.05) is 0 Å². The summed E-state index contributed by atoms with van der Waals surface area (Å²) in [6, 6.07) is 2.06. The molecule has 46 valence electrons. The maximum atomic E-state index is 5.17. The lowest BCUT2D eigenvalue weighted by molar-refractivity contribution is 1.19. The highest BCUT2D eigenvalue weighted by Crippen LogP contribution is 2.13. The largest absolute Gasteiger partial charge is 0.148 e. The Morgan fingerprint density at radius 3 is 2.89 bits per heavy atom. The average molecular weight is 136 g/mol.